The van der Waals surface area contributed by atoms with Gasteiger partial charge in [0.1, 0.15) is 0 Å². The number of para-hydroxylation sites is 1. The van der Waals surface area contributed by atoms with Crippen molar-refractivity contribution < 1.29 is 4.79 Å². The molecule has 0 unspecified atom stereocenters. The van der Waals surface area contributed by atoms with Gasteiger partial charge in [-0.15, -0.1) is 0 Å². The van der Waals surface area contributed by atoms with E-state index < -0.39 is 0 Å². The summed E-state index contributed by atoms with van der Waals surface area (Å²) in [5.41, 5.74) is 6.85. The molecule has 0 atom stereocenters. The predicted octanol–water partition coefficient (Wildman–Crippen LogP) is 7.12. The molecule has 1 aliphatic rings. The number of carbonyl (C=O) groups excluding carboxylic acids is 1. The number of nitrogens with zero attached hydrogens (tertiary/aromatic N) is 2. The SMILES string of the molecule is CCCCc1ccc(NSc2ccc(C)c(C(=O)N3CCCN(c4ccccc4C)CC3)c2)cc1. The lowest BCUT2D eigenvalue weighted by Gasteiger charge is -2.25. The van der Waals surface area contributed by atoms with E-state index in [2.05, 4.69) is 84.1 Å². The van der Waals surface area contributed by atoms with Crippen LogP contribution in [-0.4, -0.2) is 37.0 Å². The van der Waals surface area contributed by atoms with Gasteiger partial charge < -0.3 is 14.5 Å². The molecule has 3 aromatic rings. The first kappa shape index (κ1) is 25.2. The Balaban J connectivity index is 1.39. The molecule has 0 saturated carbocycles. The molecule has 1 aliphatic heterocycles. The largest absolute Gasteiger partial charge is 0.369 e. The summed E-state index contributed by atoms with van der Waals surface area (Å²) in [7, 11) is 0. The fourth-order valence-corrected chi connectivity index (χ4v) is 5.27. The topological polar surface area (TPSA) is 35.6 Å². The predicted molar refractivity (Wildman–Crippen MR) is 150 cm³/mol. The number of hydrogen-bond acceptors (Lipinski definition) is 4. The van der Waals surface area contributed by atoms with E-state index in [4.69, 9.17) is 0 Å². The molecule has 184 valence electrons. The molecule has 5 heteroatoms. The molecule has 4 rings (SSSR count). The fourth-order valence-electron chi connectivity index (χ4n) is 4.58. The van der Waals surface area contributed by atoms with E-state index in [0.29, 0.717) is 0 Å². The highest BCUT2D eigenvalue weighted by molar-refractivity contribution is 8.00. The minimum Gasteiger partial charge on any atom is -0.369 e. The Morgan fingerprint density at radius 2 is 1.71 bits per heavy atom. The van der Waals surface area contributed by atoms with Gasteiger partial charge in [-0.05, 0) is 92.1 Å². The van der Waals surface area contributed by atoms with Crippen molar-refractivity contribution in [3.8, 4) is 0 Å². The third kappa shape index (κ3) is 6.61. The highest BCUT2D eigenvalue weighted by Gasteiger charge is 2.22. The smallest absolute Gasteiger partial charge is 0.254 e. The highest BCUT2D eigenvalue weighted by Crippen LogP contribution is 2.26. The van der Waals surface area contributed by atoms with Crippen LogP contribution in [0.3, 0.4) is 0 Å². The van der Waals surface area contributed by atoms with E-state index in [0.717, 1.165) is 60.7 Å². The standard InChI is InChI=1S/C30H37N3OS/c1-4-5-10-25-13-15-26(16-14-25)31-35-27-17-12-23(2)28(22-27)30(34)33-19-8-18-32(20-21-33)29-11-7-6-9-24(29)3/h6-7,9,11-17,22,31H,4-5,8,10,18-21H2,1-3H3. The number of carbonyl (C=O) groups is 1. The van der Waals surface area contributed by atoms with Gasteiger partial charge in [0.15, 0.2) is 0 Å². The summed E-state index contributed by atoms with van der Waals surface area (Å²) in [6, 6.07) is 23.4. The lowest BCUT2D eigenvalue weighted by molar-refractivity contribution is 0.0766. The second-order valence-electron chi connectivity index (χ2n) is 9.40. The van der Waals surface area contributed by atoms with Gasteiger partial charge in [0.25, 0.3) is 5.91 Å². The number of unbranched alkanes of at least 4 members (excludes halogenated alkanes) is 1. The average Bonchev–Trinajstić information content (AvgIpc) is 3.14. The lowest BCUT2D eigenvalue weighted by atomic mass is 10.1. The van der Waals surface area contributed by atoms with Crippen molar-refractivity contribution in [2.45, 2.75) is 51.3 Å². The zero-order valence-corrected chi connectivity index (χ0v) is 22.0. The fraction of sp³-hybridized carbons (Fsp3) is 0.367. The first-order valence-corrected chi connectivity index (χ1v) is 13.6. The molecule has 35 heavy (non-hydrogen) atoms. The number of amides is 1. The lowest BCUT2D eigenvalue weighted by Crippen LogP contribution is -2.35. The van der Waals surface area contributed by atoms with E-state index in [1.54, 1.807) is 11.9 Å². The van der Waals surface area contributed by atoms with E-state index in [1.807, 2.05) is 17.9 Å². The number of nitrogens with one attached hydrogen (secondary N) is 1. The molecule has 1 fully saturated rings. The van der Waals surface area contributed by atoms with Gasteiger partial charge >= 0.3 is 0 Å². The van der Waals surface area contributed by atoms with Crippen molar-refractivity contribution in [3.05, 3.63) is 89.0 Å². The third-order valence-electron chi connectivity index (χ3n) is 6.74. The second kappa shape index (κ2) is 12.2. The molecule has 3 aromatic carbocycles. The van der Waals surface area contributed by atoms with Crippen LogP contribution in [0.25, 0.3) is 0 Å². The summed E-state index contributed by atoms with van der Waals surface area (Å²) in [4.78, 5) is 19.0. The minimum atomic E-state index is 0.136. The minimum absolute atomic E-state index is 0.136. The Hall–Kier alpha value is -2.92. The summed E-state index contributed by atoms with van der Waals surface area (Å²) in [6.07, 6.45) is 4.55. The molecule has 0 spiro atoms. The van der Waals surface area contributed by atoms with Crippen molar-refractivity contribution in [2.24, 2.45) is 0 Å². The van der Waals surface area contributed by atoms with Crippen LogP contribution in [0.1, 0.15) is 53.2 Å². The number of aryl methyl sites for hydroxylation is 3. The molecule has 0 bridgehead atoms. The molecule has 0 aliphatic carbocycles. The number of anilines is 2. The van der Waals surface area contributed by atoms with Crippen LogP contribution >= 0.6 is 11.9 Å². The number of hydrogen-bond donors (Lipinski definition) is 1. The molecule has 1 amide bonds. The molecular weight excluding hydrogens is 450 g/mol. The normalized spacial score (nSPS) is 14.0. The maximum Gasteiger partial charge on any atom is 0.254 e. The molecular formula is C30H37N3OS. The van der Waals surface area contributed by atoms with Crippen molar-refractivity contribution in [2.75, 3.05) is 35.8 Å². The van der Waals surface area contributed by atoms with Gasteiger partial charge in [0.05, 0.1) is 0 Å². The molecule has 1 saturated heterocycles. The van der Waals surface area contributed by atoms with E-state index in [9.17, 15) is 4.79 Å². The van der Waals surface area contributed by atoms with E-state index in [1.165, 1.54) is 29.7 Å². The number of rotatable bonds is 8. The van der Waals surface area contributed by atoms with Gasteiger partial charge in [-0.1, -0.05) is 49.7 Å². The van der Waals surface area contributed by atoms with Crippen LogP contribution in [0.15, 0.2) is 71.6 Å². The van der Waals surface area contributed by atoms with Gasteiger partial charge in [-0.2, -0.15) is 0 Å². The van der Waals surface area contributed by atoms with Crippen LogP contribution < -0.4 is 9.62 Å². The molecule has 0 aromatic heterocycles. The first-order chi connectivity index (χ1) is 17.0. The molecule has 1 N–H and O–H groups in total. The molecule has 4 nitrogen and oxygen atoms in total. The summed E-state index contributed by atoms with van der Waals surface area (Å²) in [5.74, 6) is 0.136. The summed E-state index contributed by atoms with van der Waals surface area (Å²) < 4.78 is 3.43. The average molecular weight is 488 g/mol. The van der Waals surface area contributed by atoms with Gasteiger partial charge in [0.2, 0.25) is 0 Å². The summed E-state index contributed by atoms with van der Waals surface area (Å²) in [5, 5.41) is 0. The Morgan fingerprint density at radius 1 is 0.914 bits per heavy atom. The Bertz CT molecular complexity index is 1130. The highest BCUT2D eigenvalue weighted by atomic mass is 32.2. The monoisotopic (exact) mass is 487 g/mol. The maximum absolute atomic E-state index is 13.5. The third-order valence-corrected chi connectivity index (χ3v) is 7.57. The van der Waals surface area contributed by atoms with E-state index >= 15 is 0 Å². The van der Waals surface area contributed by atoms with Crippen molar-refractivity contribution >= 4 is 29.2 Å². The van der Waals surface area contributed by atoms with Crippen LogP contribution in [0.4, 0.5) is 11.4 Å². The Labute approximate surface area is 214 Å². The zero-order chi connectivity index (χ0) is 24.6. The molecule has 0 radical (unpaired) electrons. The van der Waals surface area contributed by atoms with Gasteiger partial charge in [-0.25, -0.2) is 0 Å². The first-order valence-electron chi connectivity index (χ1n) is 12.8. The molecule has 1 heterocycles. The van der Waals surface area contributed by atoms with Crippen LogP contribution in [0.2, 0.25) is 0 Å². The maximum atomic E-state index is 13.5. The quantitative estimate of drug-likeness (QED) is 0.343. The van der Waals surface area contributed by atoms with Crippen LogP contribution in [0, 0.1) is 13.8 Å². The van der Waals surface area contributed by atoms with Gasteiger partial charge in [0, 0.05) is 48.0 Å². The van der Waals surface area contributed by atoms with Crippen LogP contribution in [0.5, 0.6) is 0 Å². The Morgan fingerprint density at radius 3 is 2.49 bits per heavy atom. The number of benzene rings is 3. The Kier molecular flexibility index (Phi) is 8.75. The second-order valence-corrected chi connectivity index (χ2v) is 10.3. The summed E-state index contributed by atoms with van der Waals surface area (Å²) in [6.45, 7) is 9.78. The van der Waals surface area contributed by atoms with Crippen molar-refractivity contribution in [1.82, 2.24) is 4.90 Å². The van der Waals surface area contributed by atoms with Gasteiger partial charge in [-0.3, -0.25) is 4.79 Å². The van der Waals surface area contributed by atoms with E-state index in [-0.39, 0.29) is 5.91 Å². The summed E-state index contributed by atoms with van der Waals surface area (Å²) >= 11 is 1.56. The van der Waals surface area contributed by atoms with Crippen molar-refractivity contribution in [1.29, 1.82) is 0 Å². The zero-order valence-electron chi connectivity index (χ0n) is 21.2. The van der Waals surface area contributed by atoms with Crippen molar-refractivity contribution in [3.63, 3.8) is 0 Å². The van der Waals surface area contributed by atoms with Crippen LogP contribution in [-0.2, 0) is 6.42 Å².